The van der Waals surface area contributed by atoms with Crippen LogP contribution >= 0.6 is 0 Å². The molecule has 0 aliphatic carbocycles. The molecule has 0 saturated heterocycles. The van der Waals surface area contributed by atoms with Gasteiger partial charge in [-0.2, -0.15) is 0 Å². The zero-order valence-electron chi connectivity index (χ0n) is 15.7. The molecule has 0 heterocycles. The molecule has 0 bridgehead atoms. The van der Waals surface area contributed by atoms with Gasteiger partial charge in [-0.1, -0.05) is 43.3 Å². The van der Waals surface area contributed by atoms with Gasteiger partial charge in [-0.15, -0.1) is 0 Å². The van der Waals surface area contributed by atoms with Crippen molar-refractivity contribution in [2.45, 2.75) is 13.3 Å². The minimum Gasteiger partial charge on any atom is -0.491 e. The number of hydrogen-bond donors (Lipinski definition) is 1. The molecule has 1 N–H and O–H groups in total. The number of rotatable bonds is 12. The average Bonchev–Trinajstić information content (AvgIpc) is 2.69. The van der Waals surface area contributed by atoms with Gasteiger partial charge in [-0.05, 0) is 41.8 Å². The summed E-state index contributed by atoms with van der Waals surface area (Å²) in [6, 6.07) is 16.4. The molecule has 0 spiro atoms. The van der Waals surface area contributed by atoms with Gasteiger partial charge in [0.15, 0.2) is 0 Å². The summed E-state index contributed by atoms with van der Waals surface area (Å²) >= 11 is 0. The Bertz CT molecular complexity index is 635. The predicted molar refractivity (Wildman–Crippen MR) is 109 cm³/mol. The fourth-order valence-corrected chi connectivity index (χ4v) is 2.31. The van der Waals surface area contributed by atoms with E-state index in [1.165, 1.54) is 5.56 Å². The molecule has 0 atom stereocenters. The second-order valence-corrected chi connectivity index (χ2v) is 5.85. The molecule has 0 aliphatic rings. The van der Waals surface area contributed by atoms with Gasteiger partial charge in [0, 0.05) is 19.3 Å². The van der Waals surface area contributed by atoms with Crippen LogP contribution in [0.4, 0.5) is 5.69 Å². The Hall–Kier alpha value is -2.30. The molecule has 4 nitrogen and oxygen atoms in total. The smallest absolute Gasteiger partial charge is 0.119 e. The highest BCUT2D eigenvalue weighted by atomic mass is 16.5. The first-order valence-electron chi connectivity index (χ1n) is 9.16. The lowest BCUT2D eigenvalue weighted by atomic mass is 10.1. The van der Waals surface area contributed by atoms with Gasteiger partial charge >= 0.3 is 0 Å². The Morgan fingerprint density at radius 3 is 1.85 bits per heavy atom. The summed E-state index contributed by atoms with van der Waals surface area (Å²) in [5, 5.41) is 3.12. The highest BCUT2D eigenvalue weighted by Crippen LogP contribution is 2.15. The summed E-state index contributed by atoms with van der Waals surface area (Å²) in [4.78, 5) is 0. The fourth-order valence-electron chi connectivity index (χ4n) is 2.31. The van der Waals surface area contributed by atoms with E-state index in [9.17, 15) is 0 Å². The fraction of sp³-hybridized carbons (Fsp3) is 0.364. The van der Waals surface area contributed by atoms with Crippen molar-refractivity contribution in [2.24, 2.45) is 0 Å². The summed E-state index contributed by atoms with van der Waals surface area (Å²) < 4.78 is 16.5. The largest absolute Gasteiger partial charge is 0.491 e. The molecule has 0 fully saturated rings. The zero-order valence-corrected chi connectivity index (χ0v) is 15.7. The third kappa shape index (κ3) is 7.72. The lowest BCUT2D eigenvalue weighted by Crippen LogP contribution is -2.11. The Balaban J connectivity index is 1.68. The van der Waals surface area contributed by atoms with Gasteiger partial charge in [-0.3, -0.25) is 0 Å². The van der Waals surface area contributed by atoms with Crippen LogP contribution in [0.2, 0.25) is 0 Å². The molecule has 0 amide bonds. The van der Waals surface area contributed by atoms with Crippen LogP contribution in [0, 0.1) is 0 Å². The SMILES string of the molecule is CCCOCCOCCOc1ccc(/C=C/c2ccc(NC)cc2)cc1. The van der Waals surface area contributed by atoms with E-state index < -0.39 is 0 Å². The summed E-state index contributed by atoms with van der Waals surface area (Å²) in [7, 11) is 1.92. The number of nitrogens with one attached hydrogen (secondary N) is 1. The standard InChI is InChI=1S/C22H29NO3/c1-3-14-24-15-16-25-17-18-26-22-12-8-20(9-13-22)5-4-19-6-10-21(23-2)11-7-19/h4-13,23H,3,14-18H2,1-2H3/b5-4+. The van der Waals surface area contributed by atoms with Crippen LogP contribution in [0.3, 0.4) is 0 Å². The van der Waals surface area contributed by atoms with E-state index in [4.69, 9.17) is 14.2 Å². The van der Waals surface area contributed by atoms with Crippen molar-refractivity contribution in [1.82, 2.24) is 0 Å². The second-order valence-electron chi connectivity index (χ2n) is 5.85. The molecule has 140 valence electrons. The van der Waals surface area contributed by atoms with Gasteiger partial charge in [0.25, 0.3) is 0 Å². The maximum absolute atomic E-state index is 5.68. The van der Waals surface area contributed by atoms with Gasteiger partial charge in [0.1, 0.15) is 12.4 Å². The first-order valence-corrected chi connectivity index (χ1v) is 9.16. The van der Waals surface area contributed by atoms with Crippen molar-refractivity contribution in [2.75, 3.05) is 45.4 Å². The summed E-state index contributed by atoms with van der Waals surface area (Å²) in [6.07, 6.45) is 5.23. The Morgan fingerprint density at radius 1 is 0.731 bits per heavy atom. The molecule has 0 aromatic heterocycles. The summed E-state index contributed by atoms with van der Waals surface area (Å²) in [6.45, 7) is 5.26. The molecular weight excluding hydrogens is 326 g/mol. The van der Waals surface area contributed by atoms with E-state index in [2.05, 4.69) is 48.7 Å². The minimum absolute atomic E-state index is 0.542. The van der Waals surface area contributed by atoms with Crippen LogP contribution in [-0.4, -0.2) is 40.1 Å². The van der Waals surface area contributed by atoms with E-state index in [0.717, 1.165) is 30.0 Å². The molecule has 2 aromatic carbocycles. The highest BCUT2D eigenvalue weighted by Gasteiger charge is 1.95. The Kier molecular flexibility index (Phi) is 9.33. The van der Waals surface area contributed by atoms with E-state index in [-0.39, 0.29) is 0 Å². The predicted octanol–water partition coefficient (Wildman–Crippen LogP) is 4.72. The van der Waals surface area contributed by atoms with Crippen LogP contribution in [0.25, 0.3) is 12.2 Å². The van der Waals surface area contributed by atoms with E-state index >= 15 is 0 Å². The van der Waals surface area contributed by atoms with Gasteiger partial charge in [0.05, 0.1) is 19.8 Å². The third-order valence-electron chi connectivity index (χ3n) is 3.76. The lowest BCUT2D eigenvalue weighted by molar-refractivity contribution is 0.0366. The van der Waals surface area contributed by atoms with E-state index in [1.54, 1.807) is 0 Å². The topological polar surface area (TPSA) is 39.7 Å². The van der Waals surface area contributed by atoms with Crippen molar-refractivity contribution in [3.8, 4) is 5.75 Å². The summed E-state index contributed by atoms with van der Waals surface area (Å²) in [5.74, 6) is 0.853. The molecule has 2 rings (SSSR count). The molecule has 4 heteroatoms. The Labute approximate surface area is 156 Å². The van der Waals surface area contributed by atoms with Crippen LogP contribution in [0.15, 0.2) is 48.5 Å². The third-order valence-corrected chi connectivity index (χ3v) is 3.76. The molecule has 26 heavy (non-hydrogen) atoms. The van der Waals surface area contributed by atoms with Gasteiger partial charge < -0.3 is 19.5 Å². The number of anilines is 1. The average molecular weight is 355 g/mol. The van der Waals surface area contributed by atoms with Crippen LogP contribution < -0.4 is 10.1 Å². The normalized spacial score (nSPS) is 11.0. The number of ether oxygens (including phenoxy) is 3. The van der Waals surface area contributed by atoms with Crippen LogP contribution in [-0.2, 0) is 9.47 Å². The van der Waals surface area contributed by atoms with Crippen LogP contribution in [0.5, 0.6) is 5.75 Å². The molecule has 2 aromatic rings. The van der Waals surface area contributed by atoms with Crippen molar-refractivity contribution in [3.05, 3.63) is 59.7 Å². The maximum Gasteiger partial charge on any atom is 0.119 e. The van der Waals surface area contributed by atoms with Gasteiger partial charge in [-0.25, -0.2) is 0 Å². The molecule has 0 unspecified atom stereocenters. The maximum atomic E-state index is 5.68. The number of benzene rings is 2. The van der Waals surface area contributed by atoms with Crippen molar-refractivity contribution < 1.29 is 14.2 Å². The summed E-state index contributed by atoms with van der Waals surface area (Å²) in [5.41, 5.74) is 3.42. The van der Waals surface area contributed by atoms with Gasteiger partial charge in [0.2, 0.25) is 0 Å². The first-order chi connectivity index (χ1) is 12.8. The minimum atomic E-state index is 0.542. The van der Waals surface area contributed by atoms with Crippen molar-refractivity contribution in [3.63, 3.8) is 0 Å². The van der Waals surface area contributed by atoms with E-state index in [0.29, 0.717) is 26.4 Å². The quantitative estimate of drug-likeness (QED) is 0.442. The van der Waals surface area contributed by atoms with Crippen LogP contribution in [0.1, 0.15) is 24.5 Å². The molecule has 0 saturated carbocycles. The number of hydrogen-bond acceptors (Lipinski definition) is 4. The zero-order chi connectivity index (χ0) is 18.5. The molecule has 0 aliphatic heterocycles. The van der Waals surface area contributed by atoms with Crippen molar-refractivity contribution >= 4 is 17.8 Å². The first kappa shape index (κ1) is 20.0. The Morgan fingerprint density at radius 2 is 1.27 bits per heavy atom. The monoisotopic (exact) mass is 355 g/mol. The lowest BCUT2D eigenvalue weighted by Gasteiger charge is -2.07. The molecule has 0 radical (unpaired) electrons. The van der Waals surface area contributed by atoms with Crippen molar-refractivity contribution in [1.29, 1.82) is 0 Å². The highest BCUT2D eigenvalue weighted by molar-refractivity contribution is 5.70. The second kappa shape index (κ2) is 12.1. The molecular formula is C22H29NO3. The van der Waals surface area contributed by atoms with E-state index in [1.807, 2.05) is 31.3 Å².